The first-order valence-corrected chi connectivity index (χ1v) is 6.18. The Hall–Kier alpha value is -1.55. The molecule has 4 nitrogen and oxygen atoms in total. The zero-order valence-corrected chi connectivity index (χ0v) is 10.5. The number of ether oxygens (including phenoxy) is 1. The van der Waals surface area contributed by atoms with Gasteiger partial charge in [0, 0.05) is 11.0 Å². The average Bonchev–Trinajstić information content (AvgIpc) is 2.92. The molecule has 0 aromatic carbocycles. The first kappa shape index (κ1) is 11.5. The molecule has 2 aliphatic rings. The van der Waals surface area contributed by atoms with E-state index in [0.29, 0.717) is 17.8 Å². The van der Waals surface area contributed by atoms with E-state index in [4.69, 9.17) is 9.15 Å². The second-order valence-electron chi connectivity index (χ2n) is 5.33. The zero-order valence-electron chi connectivity index (χ0n) is 10.5. The Bertz CT molecular complexity index is 514. The van der Waals surface area contributed by atoms with Crippen molar-refractivity contribution in [1.29, 1.82) is 0 Å². The summed E-state index contributed by atoms with van der Waals surface area (Å²) in [6.45, 7) is 3.82. The fourth-order valence-corrected chi connectivity index (χ4v) is 3.16. The Kier molecular flexibility index (Phi) is 2.38. The molecule has 18 heavy (non-hydrogen) atoms. The van der Waals surface area contributed by atoms with Crippen molar-refractivity contribution in [3.63, 3.8) is 0 Å². The van der Waals surface area contributed by atoms with E-state index in [0.717, 1.165) is 12.0 Å². The number of fused-ring (bicyclic) bond motifs is 1. The van der Waals surface area contributed by atoms with E-state index in [1.165, 1.54) is 0 Å². The highest BCUT2D eigenvalue weighted by molar-refractivity contribution is 5.94. The van der Waals surface area contributed by atoms with Gasteiger partial charge in [-0.05, 0) is 37.5 Å². The summed E-state index contributed by atoms with van der Waals surface area (Å²) in [5, 5.41) is 9.88. The fourth-order valence-electron chi connectivity index (χ4n) is 3.16. The molecule has 1 aliphatic carbocycles. The highest BCUT2D eigenvalue weighted by Crippen LogP contribution is 2.55. The van der Waals surface area contributed by atoms with E-state index in [1.54, 1.807) is 12.3 Å². The first-order chi connectivity index (χ1) is 8.54. The average molecular weight is 248 g/mol. The predicted molar refractivity (Wildman–Crippen MR) is 63.6 cm³/mol. The Morgan fingerprint density at radius 1 is 1.50 bits per heavy atom. The second kappa shape index (κ2) is 3.72. The number of carbonyl (C=O) groups excluding carboxylic acids is 1. The van der Waals surface area contributed by atoms with Crippen LogP contribution in [0.5, 0.6) is 0 Å². The SMILES string of the molecule is CC1=C2C(=O)OC(c3ccco3)C2(C)CCC1O. The van der Waals surface area contributed by atoms with Crippen molar-refractivity contribution in [2.45, 2.75) is 38.9 Å². The van der Waals surface area contributed by atoms with E-state index in [9.17, 15) is 9.90 Å². The van der Waals surface area contributed by atoms with Gasteiger partial charge in [-0.25, -0.2) is 4.79 Å². The Labute approximate surface area is 105 Å². The van der Waals surface area contributed by atoms with Crippen LogP contribution in [0.1, 0.15) is 38.6 Å². The number of aliphatic hydroxyl groups excluding tert-OH is 1. The lowest BCUT2D eigenvalue weighted by atomic mass is 9.68. The zero-order chi connectivity index (χ0) is 12.9. The number of hydrogen-bond acceptors (Lipinski definition) is 4. The van der Waals surface area contributed by atoms with Crippen LogP contribution in [-0.4, -0.2) is 17.2 Å². The van der Waals surface area contributed by atoms with E-state index < -0.39 is 11.5 Å². The fraction of sp³-hybridized carbons (Fsp3) is 0.500. The number of rotatable bonds is 1. The van der Waals surface area contributed by atoms with Gasteiger partial charge in [0.2, 0.25) is 0 Å². The molecular weight excluding hydrogens is 232 g/mol. The van der Waals surface area contributed by atoms with Gasteiger partial charge < -0.3 is 14.3 Å². The summed E-state index contributed by atoms with van der Waals surface area (Å²) in [7, 11) is 0. The Balaban J connectivity index is 2.11. The maximum atomic E-state index is 12.0. The van der Waals surface area contributed by atoms with Crippen LogP contribution in [0.2, 0.25) is 0 Å². The van der Waals surface area contributed by atoms with Crippen molar-refractivity contribution in [2.75, 3.05) is 0 Å². The molecule has 3 rings (SSSR count). The van der Waals surface area contributed by atoms with Gasteiger partial charge in [0.05, 0.1) is 12.4 Å². The molecule has 1 fully saturated rings. The van der Waals surface area contributed by atoms with Gasteiger partial charge in [-0.1, -0.05) is 6.92 Å². The van der Waals surface area contributed by atoms with Gasteiger partial charge >= 0.3 is 5.97 Å². The van der Waals surface area contributed by atoms with E-state index in [-0.39, 0.29) is 12.1 Å². The summed E-state index contributed by atoms with van der Waals surface area (Å²) in [6.07, 6.45) is 2.05. The highest BCUT2D eigenvalue weighted by atomic mass is 16.6. The quantitative estimate of drug-likeness (QED) is 0.775. The molecule has 1 aliphatic heterocycles. The van der Waals surface area contributed by atoms with Crippen molar-refractivity contribution >= 4 is 5.97 Å². The maximum absolute atomic E-state index is 12.0. The third-order valence-electron chi connectivity index (χ3n) is 4.21. The monoisotopic (exact) mass is 248 g/mol. The minimum Gasteiger partial charge on any atom is -0.465 e. The van der Waals surface area contributed by atoms with Gasteiger partial charge in [-0.2, -0.15) is 0 Å². The third kappa shape index (κ3) is 1.38. The summed E-state index contributed by atoms with van der Waals surface area (Å²) in [4.78, 5) is 12.0. The van der Waals surface area contributed by atoms with Gasteiger partial charge in [-0.3, -0.25) is 0 Å². The predicted octanol–water partition coefficient (Wildman–Crippen LogP) is 2.36. The van der Waals surface area contributed by atoms with Crippen LogP contribution in [0, 0.1) is 5.41 Å². The van der Waals surface area contributed by atoms with Crippen LogP contribution < -0.4 is 0 Å². The summed E-state index contributed by atoms with van der Waals surface area (Å²) in [5.74, 6) is 0.347. The van der Waals surface area contributed by atoms with Crippen molar-refractivity contribution in [3.05, 3.63) is 35.3 Å². The lowest BCUT2D eigenvalue weighted by molar-refractivity contribution is -0.141. The van der Waals surface area contributed by atoms with Crippen LogP contribution in [0.3, 0.4) is 0 Å². The van der Waals surface area contributed by atoms with Crippen LogP contribution in [0.15, 0.2) is 34.0 Å². The summed E-state index contributed by atoms with van der Waals surface area (Å²) < 4.78 is 10.9. The number of furan rings is 1. The first-order valence-electron chi connectivity index (χ1n) is 6.18. The second-order valence-corrected chi connectivity index (χ2v) is 5.33. The smallest absolute Gasteiger partial charge is 0.335 e. The number of esters is 1. The molecule has 0 saturated carbocycles. The van der Waals surface area contributed by atoms with Crippen molar-refractivity contribution in [2.24, 2.45) is 5.41 Å². The topological polar surface area (TPSA) is 59.7 Å². The molecule has 1 aromatic heterocycles. The lowest BCUT2D eigenvalue weighted by Crippen LogP contribution is -2.31. The molecule has 1 N–H and O–H groups in total. The van der Waals surface area contributed by atoms with E-state index in [2.05, 4.69) is 0 Å². The molecular formula is C14H16O4. The van der Waals surface area contributed by atoms with Gasteiger partial charge in [-0.15, -0.1) is 0 Å². The minimum absolute atomic E-state index is 0.324. The molecule has 0 spiro atoms. The number of aliphatic hydroxyl groups is 1. The van der Waals surface area contributed by atoms with Crippen molar-refractivity contribution in [3.8, 4) is 0 Å². The number of carbonyl (C=O) groups is 1. The third-order valence-corrected chi connectivity index (χ3v) is 4.21. The summed E-state index contributed by atoms with van der Waals surface area (Å²) in [5.41, 5.74) is 0.976. The van der Waals surface area contributed by atoms with Gasteiger partial charge in [0.15, 0.2) is 6.10 Å². The van der Waals surface area contributed by atoms with Crippen LogP contribution in [0.25, 0.3) is 0 Å². The summed E-state index contributed by atoms with van der Waals surface area (Å²) in [6, 6.07) is 3.62. The van der Waals surface area contributed by atoms with E-state index >= 15 is 0 Å². The standard InChI is InChI=1S/C14H16O4/c1-8-9(15)5-6-14(2)11(8)13(16)18-12(14)10-4-3-7-17-10/h3-4,7,9,12,15H,5-6H2,1-2H3. The molecule has 1 saturated heterocycles. The van der Waals surface area contributed by atoms with Crippen LogP contribution in [-0.2, 0) is 9.53 Å². The molecule has 1 aromatic rings. The van der Waals surface area contributed by atoms with Gasteiger partial charge in [0.1, 0.15) is 5.76 Å². The highest BCUT2D eigenvalue weighted by Gasteiger charge is 2.54. The van der Waals surface area contributed by atoms with E-state index in [1.807, 2.05) is 19.9 Å². The van der Waals surface area contributed by atoms with Crippen molar-refractivity contribution < 1.29 is 19.1 Å². The molecule has 4 heteroatoms. The van der Waals surface area contributed by atoms with Crippen molar-refractivity contribution in [1.82, 2.24) is 0 Å². The largest absolute Gasteiger partial charge is 0.465 e. The minimum atomic E-state index is -0.532. The molecule has 0 bridgehead atoms. The number of hydrogen-bond donors (Lipinski definition) is 1. The molecule has 3 atom stereocenters. The molecule has 3 unspecified atom stereocenters. The normalized spacial score (nSPS) is 35.6. The molecule has 0 radical (unpaired) electrons. The van der Waals surface area contributed by atoms with Crippen LogP contribution in [0.4, 0.5) is 0 Å². The lowest BCUT2D eigenvalue weighted by Gasteiger charge is -2.34. The number of cyclic esters (lactones) is 1. The van der Waals surface area contributed by atoms with Gasteiger partial charge in [0.25, 0.3) is 0 Å². The molecule has 0 amide bonds. The molecule has 2 heterocycles. The summed E-state index contributed by atoms with van der Waals surface area (Å²) >= 11 is 0. The molecule has 96 valence electrons. The van der Waals surface area contributed by atoms with Crippen LogP contribution >= 0.6 is 0 Å². The Morgan fingerprint density at radius 2 is 2.28 bits per heavy atom. The Morgan fingerprint density at radius 3 is 2.94 bits per heavy atom. The maximum Gasteiger partial charge on any atom is 0.335 e.